The molecule has 0 aromatic heterocycles. The maximum Gasteiger partial charge on any atom is 0.272 e. The fraction of sp³-hybridized carbons (Fsp3) is 0.125. The first kappa shape index (κ1) is 15.6. The normalized spacial score (nSPS) is 12.7. The maximum absolute atomic E-state index is 12.1. The fourth-order valence-electron chi connectivity index (χ4n) is 2.06. The molecule has 0 spiro atoms. The lowest BCUT2D eigenvalue weighted by molar-refractivity contribution is 0.0955. The molecule has 118 valence electrons. The number of rotatable bonds is 3. The van der Waals surface area contributed by atoms with Crippen molar-refractivity contribution in [2.24, 2.45) is 5.10 Å². The molecule has 0 aliphatic carbocycles. The molecule has 0 radical (unpaired) electrons. The van der Waals surface area contributed by atoms with Crippen LogP contribution in [-0.4, -0.2) is 18.9 Å². The number of ether oxygens (including phenoxy) is 2. The molecule has 1 aliphatic heterocycles. The van der Waals surface area contributed by atoms with Gasteiger partial charge in [0.1, 0.15) is 0 Å². The van der Waals surface area contributed by atoms with E-state index in [-0.39, 0.29) is 6.79 Å². The third-order valence-corrected chi connectivity index (χ3v) is 3.87. The van der Waals surface area contributed by atoms with Crippen LogP contribution in [0.3, 0.4) is 0 Å². The molecule has 0 fully saturated rings. The Morgan fingerprint density at radius 2 is 1.91 bits per heavy atom. The zero-order valence-electron chi connectivity index (χ0n) is 12.1. The van der Waals surface area contributed by atoms with Crippen molar-refractivity contribution in [1.29, 1.82) is 0 Å². The van der Waals surface area contributed by atoms with Gasteiger partial charge >= 0.3 is 0 Å². The first-order valence-electron chi connectivity index (χ1n) is 6.73. The van der Waals surface area contributed by atoms with Crippen LogP contribution in [-0.2, 0) is 0 Å². The Hall–Kier alpha value is -2.24. The molecule has 0 saturated heterocycles. The molecule has 5 nitrogen and oxygen atoms in total. The van der Waals surface area contributed by atoms with Crippen LogP contribution in [0.2, 0.25) is 10.0 Å². The van der Waals surface area contributed by atoms with Crippen LogP contribution in [0.25, 0.3) is 0 Å². The van der Waals surface area contributed by atoms with Crippen LogP contribution in [0.5, 0.6) is 11.5 Å². The van der Waals surface area contributed by atoms with E-state index < -0.39 is 5.91 Å². The van der Waals surface area contributed by atoms with Crippen molar-refractivity contribution >= 4 is 35.3 Å². The van der Waals surface area contributed by atoms with Crippen molar-refractivity contribution in [3.8, 4) is 11.5 Å². The largest absolute Gasteiger partial charge is 0.454 e. The Bertz CT molecular complexity index is 806. The first-order valence-corrected chi connectivity index (χ1v) is 7.49. The molecule has 0 bridgehead atoms. The lowest BCUT2D eigenvalue weighted by atomic mass is 10.1. The van der Waals surface area contributed by atoms with Crippen molar-refractivity contribution in [3.05, 3.63) is 57.1 Å². The van der Waals surface area contributed by atoms with E-state index in [0.29, 0.717) is 32.7 Å². The van der Waals surface area contributed by atoms with Gasteiger partial charge in [0.05, 0.1) is 21.8 Å². The number of carbonyl (C=O) groups excluding carboxylic acids is 1. The average molecular weight is 351 g/mol. The number of nitrogens with zero attached hydrogens (tertiary/aromatic N) is 1. The highest BCUT2D eigenvalue weighted by atomic mass is 35.5. The smallest absolute Gasteiger partial charge is 0.272 e. The minimum atomic E-state index is -0.400. The number of halogens is 2. The molecule has 2 aromatic rings. The summed E-state index contributed by atoms with van der Waals surface area (Å²) in [6, 6.07) is 8.51. The number of hydrazone groups is 1. The molecule has 1 amide bonds. The third-order valence-electron chi connectivity index (χ3n) is 3.23. The van der Waals surface area contributed by atoms with E-state index in [1.807, 2.05) is 6.92 Å². The summed E-state index contributed by atoms with van der Waals surface area (Å²) in [6.07, 6.45) is 1.43. The van der Waals surface area contributed by atoms with Crippen LogP contribution in [0.4, 0.5) is 0 Å². The average Bonchev–Trinajstić information content (AvgIpc) is 2.94. The quantitative estimate of drug-likeness (QED) is 0.676. The number of amides is 1. The van der Waals surface area contributed by atoms with Gasteiger partial charge in [-0.05, 0) is 30.7 Å². The molecule has 0 unspecified atom stereocenters. The topological polar surface area (TPSA) is 59.9 Å². The van der Waals surface area contributed by atoms with Gasteiger partial charge in [-0.25, -0.2) is 5.43 Å². The Morgan fingerprint density at radius 1 is 1.17 bits per heavy atom. The summed E-state index contributed by atoms with van der Waals surface area (Å²) < 4.78 is 10.5. The van der Waals surface area contributed by atoms with Gasteiger partial charge in [0.25, 0.3) is 5.91 Å². The van der Waals surface area contributed by atoms with Gasteiger partial charge in [0.2, 0.25) is 6.79 Å². The van der Waals surface area contributed by atoms with E-state index in [4.69, 9.17) is 32.7 Å². The van der Waals surface area contributed by atoms with Gasteiger partial charge in [0.15, 0.2) is 11.5 Å². The first-order chi connectivity index (χ1) is 11.0. The van der Waals surface area contributed by atoms with Gasteiger partial charge in [-0.2, -0.15) is 5.10 Å². The lowest BCUT2D eigenvalue weighted by Gasteiger charge is -2.04. The van der Waals surface area contributed by atoms with Crippen LogP contribution in [0, 0.1) is 6.92 Å². The van der Waals surface area contributed by atoms with Crippen molar-refractivity contribution in [3.63, 3.8) is 0 Å². The number of fused-ring (bicyclic) bond motifs is 1. The van der Waals surface area contributed by atoms with Gasteiger partial charge in [-0.3, -0.25) is 4.79 Å². The van der Waals surface area contributed by atoms with Crippen molar-refractivity contribution in [2.45, 2.75) is 6.92 Å². The Kier molecular flexibility index (Phi) is 4.41. The zero-order valence-corrected chi connectivity index (χ0v) is 13.6. The summed E-state index contributed by atoms with van der Waals surface area (Å²) in [5.41, 5.74) is 4.35. The highest BCUT2D eigenvalue weighted by Crippen LogP contribution is 2.36. The number of hydrogen-bond donors (Lipinski definition) is 1. The monoisotopic (exact) mass is 350 g/mol. The molecule has 0 saturated carbocycles. The van der Waals surface area contributed by atoms with Crippen LogP contribution in [0.1, 0.15) is 21.5 Å². The SMILES string of the molecule is Cc1ccc(C(=O)N/N=C/c2cc3c(cc2Cl)OCO3)c(Cl)c1. The number of benzene rings is 2. The summed E-state index contributed by atoms with van der Waals surface area (Å²) in [6.45, 7) is 2.06. The van der Waals surface area contributed by atoms with Crippen molar-refractivity contribution in [1.82, 2.24) is 5.43 Å². The molecule has 1 heterocycles. The Labute approximate surface area is 142 Å². The molecule has 23 heavy (non-hydrogen) atoms. The van der Waals surface area contributed by atoms with Gasteiger partial charge < -0.3 is 9.47 Å². The zero-order chi connectivity index (χ0) is 16.4. The second-order valence-corrected chi connectivity index (χ2v) is 5.72. The number of nitrogens with one attached hydrogen (secondary N) is 1. The minimum Gasteiger partial charge on any atom is -0.454 e. The standard InChI is InChI=1S/C16H12Cl2N2O3/c1-9-2-3-11(13(18)4-9)16(21)20-19-7-10-5-14-15(6-12(10)17)23-8-22-14/h2-7H,8H2,1H3,(H,20,21)/b19-7+. The maximum atomic E-state index is 12.1. The van der Waals surface area contributed by atoms with Crippen LogP contribution >= 0.6 is 23.2 Å². The van der Waals surface area contributed by atoms with E-state index >= 15 is 0 Å². The van der Waals surface area contributed by atoms with Crippen molar-refractivity contribution < 1.29 is 14.3 Å². The predicted octanol–water partition coefficient (Wildman–Crippen LogP) is 3.79. The van der Waals surface area contributed by atoms with Crippen molar-refractivity contribution in [2.75, 3.05) is 6.79 Å². The Balaban J connectivity index is 1.73. The summed E-state index contributed by atoms with van der Waals surface area (Å²) >= 11 is 12.2. The highest BCUT2D eigenvalue weighted by Gasteiger charge is 2.16. The molecule has 2 aromatic carbocycles. The van der Waals surface area contributed by atoms with Gasteiger partial charge in [-0.15, -0.1) is 0 Å². The van der Waals surface area contributed by atoms with E-state index in [0.717, 1.165) is 5.56 Å². The summed E-state index contributed by atoms with van der Waals surface area (Å²) in [5.74, 6) is 0.773. The molecule has 0 atom stereocenters. The molecule has 1 N–H and O–H groups in total. The van der Waals surface area contributed by atoms with Crippen LogP contribution < -0.4 is 14.9 Å². The molecular weight excluding hydrogens is 339 g/mol. The van der Waals surface area contributed by atoms with Gasteiger partial charge in [-0.1, -0.05) is 29.3 Å². The van der Waals surface area contributed by atoms with E-state index in [9.17, 15) is 4.79 Å². The number of carbonyl (C=O) groups is 1. The van der Waals surface area contributed by atoms with E-state index in [1.165, 1.54) is 6.21 Å². The van der Waals surface area contributed by atoms with Crippen LogP contribution in [0.15, 0.2) is 35.4 Å². The lowest BCUT2D eigenvalue weighted by Crippen LogP contribution is -2.18. The summed E-state index contributed by atoms with van der Waals surface area (Å²) in [5, 5.41) is 4.72. The number of aryl methyl sites for hydroxylation is 1. The molecule has 3 rings (SSSR count). The summed E-state index contributed by atoms with van der Waals surface area (Å²) in [4.78, 5) is 12.1. The van der Waals surface area contributed by atoms with E-state index in [2.05, 4.69) is 10.5 Å². The third kappa shape index (κ3) is 3.41. The highest BCUT2D eigenvalue weighted by molar-refractivity contribution is 6.34. The second kappa shape index (κ2) is 6.48. The molecular formula is C16H12Cl2N2O3. The van der Waals surface area contributed by atoms with Gasteiger partial charge in [0, 0.05) is 11.6 Å². The van der Waals surface area contributed by atoms with E-state index in [1.54, 1.807) is 30.3 Å². The minimum absolute atomic E-state index is 0.162. The fourth-order valence-corrected chi connectivity index (χ4v) is 2.58. The Morgan fingerprint density at radius 3 is 2.65 bits per heavy atom. The number of hydrogen-bond acceptors (Lipinski definition) is 4. The second-order valence-electron chi connectivity index (χ2n) is 4.91. The molecule has 1 aliphatic rings. The molecule has 7 heteroatoms. The summed E-state index contributed by atoms with van der Waals surface area (Å²) in [7, 11) is 0. The predicted molar refractivity (Wildman–Crippen MR) is 88.8 cm³/mol.